The van der Waals surface area contributed by atoms with Gasteiger partial charge in [0.15, 0.2) is 0 Å². The molecule has 0 unspecified atom stereocenters. The summed E-state index contributed by atoms with van der Waals surface area (Å²) in [6, 6.07) is 1.00. The van der Waals surface area contributed by atoms with Crippen molar-refractivity contribution in [1.29, 1.82) is 0 Å². The number of aromatic carboxylic acids is 1. The first-order valence-electron chi connectivity index (χ1n) is 5.59. The zero-order valence-electron chi connectivity index (χ0n) is 10.2. The number of carboxylic acid groups (broad SMARTS) is 1. The van der Waals surface area contributed by atoms with E-state index in [0.29, 0.717) is 26.3 Å². The number of hydrogen-bond donors (Lipinski definition) is 2. The number of morpholine rings is 1. The molecule has 0 aliphatic carbocycles. The maximum atomic E-state index is 12.1. The number of rotatable bonds is 4. The number of nitrogens with zero attached hydrogens (tertiary/aromatic N) is 1. The van der Waals surface area contributed by atoms with Gasteiger partial charge in [0, 0.05) is 19.2 Å². The van der Waals surface area contributed by atoms with Crippen LogP contribution in [0.4, 0.5) is 0 Å². The molecule has 0 spiro atoms. The molecule has 0 atom stereocenters. The molecule has 1 aliphatic rings. The minimum atomic E-state index is -3.84. The van der Waals surface area contributed by atoms with Crippen LogP contribution >= 0.6 is 0 Å². The average Bonchev–Trinajstić information content (AvgIpc) is 2.73. The third-order valence-corrected chi connectivity index (χ3v) is 4.12. The first-order chi connectivity index (χ1) is 8.90. The third-order valence-electron chi connectivity index (χ3n) is 2.63. The maximum absolute atomic E-state index is 12.1. The highest BCUT2D eigenvalue weighted by Gasteiger charge is 2.26. The summed E-state index contributed by atoms with van der Waals surface area (Å²) in [7, 11) is -3.84. The van der Waals surface area contributed by atoms with E-state index in [4.69, 9.17) is 14.3 Å². The minimum absolute atomic E-state index is 0.0400. The molecular weight excluding hydrogens is 276 g/mol. The van der Waals surface area contributed by atoms with Crippen LogP contribution in [0, 0.1) is 6.92 Å². The summed E-state index contributed by atoms with van der Waals surface area (Å²) in [5.74, 6) is -1.67. The SMILES string of the molecule is Cc1oc(C(=O)O)cc1S(=O)(=O)NN1CCOCC1. The molecule has 2 rings (SSSR count). The molecule has 0 saturated carbocycles. The fourth-order valence-electron chi connectivity index (χ4n) is 1.71. The molecule has 1 fully saturated rings. The van der Waals surface area contributed by atoms with Gasteiger partial charge in [0.05, 0.1) is 13.2 Å². The lowest BCUT2D eigenvalue weighted by atomic mass is 10.4. The van der Waals surface area contributed by atoms with Gasteiger partial charge in [-0.05, 0) is 6.92 Å². The van der Waals surface area contributed by atoms with Crippen LogP contribution in [-0.4, -0.2) is 50.8 Å². The van der Waals surface area contributed by atoms with Gasteiger partial charge in [-0.1, -0.05) is 0 Å². The zero-order chi connectivity index (χ0) is 14.0. The van der Waals surface area contributed by atoms with Gasteiger partial charge in [-0.25, -0.2) is 18.2 Å². The topological polar surface area (TPSA) is 109 Å². The van der Waals surface area contributed by atoms with E-state index in [1.165, 1.54) is 11.9 Å². The Labute approximate surface area is 110 Å². The predicted octanol–water partition coefficient (Wildman–Crippen LogP) is -0.188. The second-order valence-electron chi connectivity index (χ2n) is 4.03. The summed E-state index contributed by atoms with van der Waals surface area (Å²) >= 11 is 0. The van der Waals surface area contributed by atoms with E-state index in [-0.39, 0.29) is 10.7 Å². The normalized spacial score (nSPS) is 17.5. The number of nitrogens with one attached hydrogen (secondary N) is 1. The van der Waals surface area contributed by atoms with E-state index in [9.17, 15) is 13.2 Å². The van der Waals surface area contributed by atoms with E-state index in [2.05, 4.69) is 4.83 Å². The first kappa shape index (κ1) is 14.0. The summed E-state index contributed by atoms with van der Waals surface area (Å²) in [4.78, 5) is 13.0. The van der Waals surface area contributed by atoms with Gasteiger partial charge in [0.2, 0.25) is 5.76 Å². The first-order valence-corrected chi connectivity index (χ1v) is 7.07. The molecule has 0 radical (unpaired) electrons. The van der Waals surface area contributed by atoms with Crippen LogP contribution in [0.3, 0.4) is 0 Å². The van der Waals surface area contributed by atoms with Crippen LogP contribution in [0.15, 0.2) is 15.4 Å². The molecule has 2 N–H and O–H groups in total. The smallest absolute Gasteiger partial charge is 0.371 e. The van der Waals surface area contributed by atoms with Crippen molar-refractivity contribution in [1.82, 2.24) is 9.84 Å². The Bertz CT molecular complexity index is 573. The van der Waals surface area contributed by atoms with E-state index < -0.39 is 21.8 Å². The lowest BCUT2D eigenvalue weighted by Gasteiger charge is -2.26. The van der Waals surface area contributed by atoms with Gasteiger partial charge in [-0.2, -0.15) is 0 Å². The number of ether oxygens (including phenoxy) is 1. The highest BCUT2D eigenvalue weighted by molar-refractivity contribution is 7.89. The monoisotopic (exact) mass is 290 g/mol. The minimum Gasteiger partial charge on any atom is -0.475 e. The Kier molecular flexibility index (Phi) is 3.90. The van der Waals surface area contributed by atoms with E-state index in [1.807, 2.05) is 0 Å². The highest BCUT2D eigenvalue weighted by atomic mass is 32.2. The van der Waals surface area contributed by atoms with Crippen molar-refractivity contribution >= 4 is 16.0 Å². The van der Waals surface area contributed by atoms with Crippen molar-refractivity contribution in [3.8, 4) is 0 Å². The molecule has 19 heavy (non-hydrogen) atoms. The average molecular weight is 290 g/mol. The third kappa shape index (κ3) is 3.13. The predicted molar refractivity (Wildman–Crippen MR) is 63.1 cm³/mol. The van der Waals surface area contributed by atoms with Crippen LogP contribution in [0.5, 0.6) is 0 Å². The largest absolute Gasteiger partial charge is 0.475 e. The number of hydrogen-bond acceptors (Lipinski definition) is 6. The van der Waals surface area contributed by atoms with Crippen molar-refractivity contribution in [2.24, 2.45) is 0 Å². The Hall–Kier alpha value is -1.42. The van der Waals surface area contributed by atoms with Gasteiger partial charge < -0.3 is 14.3 Å². The van der Waals surface area contributed by atoms with Crippen molar-refractivity contribution < 1.29 is 27.5 Å². The summed E-state index contributed by atoms with van der Waals surface area (Å²) in [5, 5.41) is 10.3. The van der Waals surface area contributed by atoms with Crippen molar-refractivity contribution in [2.75, 3.05) is 26.3 Å². The number of furan rings is 1. The molecule has 0 bridgehead atoms. The van der Waals surface area contributed by atoms with E-state index in [1.54, 1.807) is 0 Å². The molecule has 0 aromatic carbocycles. The van der Waals surface area contributed by atoms with Crippen LogP contribution in [-0.2, 0) is 14.8 Å². The van der Waals surface area contributed by atoms with Crippen molar-refractivity contribution in [3.63, 3.8) is 0 Å². The van der Waals surface area contributed by atoms with Crippen molar-refractivity contribution in [2.45, 2.75) is 11.8 Å². The van der Waals surface area contributed by atoms with Gasteiger partial charge >= 0.3 is 5.97 Å². The standard InChI is InChI=1S/C10H14N2O6S/c1-7-9(6-8(18-7)10(13)14)19(15,16)11-12-2-4-17-5-3-12/h6,11H,2-5H2,1H3,(H,13,14). The summed E-state index contributed by atoms with van der Waals surface area (Å²) < 4.78 is 34.2. The second kappa shape index (κ2) is 5.29. The maximum Gasteiger partial charge on any atom is 0.371 e. The number of sulfonamides is 1. The number of hydrazine groups is 1. The molecule has 106 valence electrons. The van der Waals surface area contributed by atoms with Crippen LogP contribution in [0.2, 0.25) is 0 Å². The molecule has 0 amide bonds. The molecule has 2 heterocycles. The van der Waals surface area contributed by atoms with Gasteiger partial charge in [-0.15, -0.1) is 4.83 Å². The van der Waals surface area contributed by atoms with Crippen LogP contribution in [0.1, 0.15) is 16.3 Å². The van der Waals surface area contributed by atoms with Crippen molar-refractivity contribution in [3.05, 3.63) is 17.6 Å². The number of carboxylic acids is 1. The highest BCUT2D eigenvalue weighted by Crippen LogP contribution is 2.20. The quantitative estimate of drug-likeness (QED) is 0.791. The molecule has 1 aromatic rings. The van der Waals surface area contributed by atoms with E-state index in [0.717, 1.165) is 6.07 Å². The number of carbonyl (C=O) groups is 1. The summed E-state index contributed by atoms with van der Waals surface area (Å²) in [5.41, 5.74) is 0. The molecule has 1 aromatic heterocycles. The molecule has 8 nitrogen and oxygen atoms in total. The van der Waals surface area contributed by atoms with Gasteiger partial charge in [0.25, 0.3) is 10.0 Å². The Morgan fingerprint density at radius 1 is 1.42 bits per heavy atom. The second-order valence-corrected chi connectivity index (χ2v) is 5.66. The molecular formula is C10H14N2O6S. The Balaban J connectivity index is 2.21. The molecule has 9 heteroatoms. The fourth-order valence-corrected chi connectivity index (χ4v) is 3.01. The van der Waals surface area contributed by atoms with Crippen LogP contribution < -0.4 is 4.83 Å². The van der Waals surface area contributed by atoms with Gasteiger partial charge in [-0.3, -0.25) is 0 Å². The molecule has 1 saturated heterocycles. The van der Waals surface area contributed by atoms with Gasteiger partial charge in [0.1, 0.15) is 10.7 Å². The Morgan fingerprint density at radius 2 is 2.05 bits per heavy atom. The lowest BCUT2D eigenvalue weighted by molar-refractivity contribution is 0.0272. The summed E-state index contributed by atoms with van der Waals surface area (Å²) in [6.45, 7) is 3.14. The zero-order valence-corrected chi connectivity index (χ0v) is 11.1. The van der Waals surface area contributed by atoms with E-state index >= 15 is 0 Å². The Morgan fingerprint density at radius 3 is 2.58 bits per heavy atom. The molecule has 1 aliphatic heterocycles. The van der Waals surface area contributed by atoms with Crippen LogP contribution in [0.25, 0.3) is 0 Å². The number of aryl methyl sites for hydroxylation is 1. The fraction of sp³-hybridized carbons (Fsp3) is 0.500. The lowest BCUT2D eigenvalue weighted by Crippen LogP contribution is -2.48. The summed E-state index contributed by atoms with van der Waals surface area (Å²) in [6.07, 6.45) is 0.